The first-order valence-corrected chi connectivity index (χ1v) is 10.6. The number of carbonyl (C=O) groups excluding carboxylic acids is 1. The van der Waals surface area contributed by atoms with E-state index in [1.54, 1.807) is 34.4 Å². The maximum absolute atomic E-state index is 12.7. The summed E-state index contributed by atoms with van der Waals surface area (Å²) >= 11 is 1.62. The van der Waals surface area contributed by atoms with E-state index in [0.29, 0.717) is 31.6 Å². The van der Waals surface area contributed by atoms with Crippen LogP contribution in [0.15, 0.2) is 54.4 Å². The van der Waals surface area contributed by atoms with Crippen molar-refractivity contribution >= 4 is 27.3 Å². The lowest BCUT2D eigenvalue weighted by Crippen LogP contribution is -2.30. The Labute approximate surface area is 153 Å². The quantitative estimate of drug-likeness (QED) is 0.682. The second-order valence-electron chi connectivity index (χ2n) is 5.67. The third-order valence-corrected chi connectivity index (χ3v) is 5.13. The van der Waals surface area contributed by atoms with Crippen LogP contribution in [0.3, 0.4) is 0 Å². The van der Waals surface area contributed by atoms with E-state index in [9.17, 15) is 13.2 Å². The summed E-state index contributed by atoms with van der Waals surface area (Å²) in [6.45, 7) is 5.11. The van der Waals surface area contributed by atoms with Crippen LogP contribution in [0.2, 0.25) is 0 Å². The van der Waals surface area contributed by atoms with Crippen molar-refractivity contribution in [3.8, 4) is 0 Å². The lowest BCUT2D eigenvalue weighted by molar-refractivity contribution is 0.0764. The Kier molecular flexibility index (Phi) is 6.92. The van der Waals surface area contributed by atoms with Crippen LogP contribution in [0.25, 0.3) is 0 Å². The molecule has 0 bridgehead atoms. The molecule has 2 aromatic rings. The molecule has 0 unspecified atom stereocenters. The van der Waals surface area contributed by atoms with Gasteiger partial charge in [-0.15, -0.1) is 17.9 Å². The van der Waals surface area contributed by atoms with E-state index in [1.807, 2.05) is 29.6 Å². The van der Waals surface area contributed by atoms with E-state index in [4.69, 9.17) is 0 Å². The van der Waals surface area contributed by atoms with Gasteiger partial charge in [-0.2, -0.15) is 0 Å². The number of hydrogen-bond acceptors (Lipinski definition) is 4. The lowest BCUT2D eigenvalue weighted by Gasteiger charge is -2.20. The maximum Gasteiger partial charge on any atom is 0.254 e. The summed E-state index contributed by atoms with van der Waals surface area (Å²) in [5.41, 5.74) is 1.58. The third kappa shape index (κ3) is 6.45. The molecule has 0 aliphatic rings. The number of sulfonamides is 1. The molecule has 0 aliphatic heterocycles. The molecular formula is C18H22N2O3S2. The van der Waals surface area contributed by atoms with Gasteiger partial charge in [0, 0.05) is 23.5 Å². The van der Waals surface area contributed by atoms with Gasteiger partial charge in [-0.1, -0.05) is 24.3 Å². The molecule has 2 rings (SSSR count). The van der Waals surface area contributed by atoms with Gasteiger partial charge >= 0.3 is 0 Å². The zero-order chi connectivity index (χ0) is 18.3. The second kappa shape index (κ2) is 8.94. The van der Waals surface area contributed by atoms with Crippen LogP contribution in [0, 0.1) is 0 Å². The molecule has 0 radical (unpaired) electrons. The van der Waals surface area contributed by atoms with Crippen molar-refractivity contribution in [1.82, 2.24) is 9.62 Å². The number of thiophene rings is 1. The normalized spacial score (nSPS) is 11.2. The SMILES string of the molecule is C=CCN(Cc1cccs1)C(=O)c1ccc(CCNS(C)(=O)=O)cc1. The van der Waals surface area contributed by atoms with Gasteiger partial charge in [0.15, 0.2) is 0 Å². The molecule has 1 N–H and O–H groups in total. The molecule has 134 valence electrons. The summed E-state index contributed by atoms with van der Waals surface area (Å²) < 4.78 is 24.6. The van der Waals surface area contributed by atoms with Crippen molar-refractivity contribution in [2.24, 2.45) is 0 Å². The molecule has 1 heterocycles. The van der Waals surface area contributed by atoms with E-state index in [0.717, 1.165) is 16.7 Å². The molecule has 25 heavy (non-hydrogen) atoms. The van der Waals surface area contributed by atoms with Gasteiger partial charge in [0.1, 0.15) is 0 Å². The number of benzene rings is 1. The van der Waals surface area contributed by atoms with Gasteiger partial charge in [-0.05, 0) is 35.6 Å². The van der Waals surface area contributed by atoms with Crippen molar-refractivity contribution in [3.05, 3.63) is 70.4 Å². The smallest absolute Gasteiger partial charge is 0.254 e. The standard InChI is InChI=1S/C18H22N2O3S2/c1-3-12-20(14-17-5-4-13-24-17)18(21)16-8-6-15(7-9-16)10-11-19-25(2,22)23/h3-9,13,19H,1,10-12,14H2,2H3. The number of carbonyl (C=O) groups is 1. The topological polar surface area (TPSA) is 66.5 Å². The zero-order valence-electron chi connectivity index (χ0n) is 14.1. The Bertz CT molecular complexity index is 797. The van der Waals surface area contributed by atoms with Crippen molar-refractivity contribution in [2.45, 2.75) is 13.0 Å². The first-order chi connectivity index (χ1) is 11.9. The minimum absolute atomic E-state index is 0.0471. The highest BCUT2D eigenvalue weighted by molar-refractivity contribution is 7.88. The summed E-state index contributed by atoms with van der Waals surface area (Å²) in [5.74, 6) is -0.0471. The van der Waals surface area contributed by atoms with Crippen molar-refractivity contribution in [2.75, 3.05) is 19.3 Å². The van der Waals surface area contributed by atoms with Gasteiger partial charge in [0.25, 0.3) is 5.91 Å². The van der Waals surface area contributed by atoms with E-state index >= 15 is 0 Å². The molecule has 0 atom stereocenters. The van der Waals surface area contributed by atoms with Crippen LogP contribution in [-0.4, -0.2) is 38.6 Å². The Hall–Kier alpha value is -1.96. The minimum Gasteiger partial charge on any atom is -0.330 e. The molecule has 0 spiro atoms. The third-order valence-electron chi connectivity index (χ3n) is 3.54. The Balaban J connectivity index is 2.00. The highest BCUT2D eigenvalue weighted by Crippen LogP contribution is 2.15. The summed E-state index contributed by atoms with van der Waals surface area (Å²) in [6, 6.07) is 11.2. The highest BCUT2D eigenvalue weighted by Gasteiger charge is 2.15. The minimum atomic E-state index is -3.18. The molecule has 1 amide bonds. The molecule has 0 saturated heterocycles. The average molecular weight is 379 g/mol. The maximum atomic E-state index is 12.7. The lowest BCUT2D eigenvalue weighted by atomic mass is 10.1. The van der Waals surface area contributed by atoms with Crippen LogP contribution in [-0.2, 0) is 23.0 Å². The number of nitrogens with one attached hydrogen (secondary N) is 1. The predicted octanol–water partition coefficient (Wildman–Crippen LogP) is 2.67. The first kappa shape index (κ1) is 19.4. The van der Waals surface area contributed by atoms with Crippen molar-refractivity contribution in [3.63, 3.8) is 0 Å². The van der Waals surface area contributed by atoms with E-state index < -0.39 is 10.0 Å². The summed E-state index contributed by atoms with van der Waals surface area (Å²) in [6.07, 6.45) is 3.43. The summed E-state index contributed by atoms with van der Waals surface area (Å²) in [5, 5.41) is 1.99. The van der Waals surface area contributed by atoms with Crippen LogP contribution in [0.4, 0.5) is 0 Å². The van der Waals surface area contributed by atoms with Gasteiger partial charge < -0.3 is 4.90 Å². The fourth-order valence-corrected chi connectivity index (χ4v) is 3.54. The molecule has 0 aliphatic carbocycles. The summed E-state index contributed by atoms with van der Waals surface area (Å²) in [7, 11) is -3.18. The fraction of sp³-hybridized carbons (Fsp3) is 0.278. The monoisotopic (exact) mass is 378 g/mol. The van der Waals surface area contributed by atoms with Gasteiger partial charge in [-0.3, -0.25) is 4.79 Å². The van der Waals surface area contributed by atoms with Gasteiger partial charge in [0.2, 0.25) is 10.0 Å². The molecule has 1 aromatic carbocycles. The van der Waals surface area contributed by atoms with Crippen LogP contribution in [0.1, 0.15) is 20.8 Å². The molecule has 0 saturated carbocycles. The molecule has 5 nitrogen and oxygen atoms in total. The van der Waals surface area contributed by atoms with Gasteiger partial charge in [-0.25, -0.2) is 13.1 Å². The van der Waals surface area contributed by atoms with Crippen molar-refractivity contribution < 1.29 is 13.2 Å². The Morgan fingerprint density at radius 1 is 1.28 bits per heavy atom. The van der Waals surface area contributed by atoms with Crippen LogP contribution >= 0.6 is 11.3 Å². The second-order valence-corrected chi connectivity index (χ2v) is 8.53. The number of hydrogen-bond donors (Lipinski definition) is 1. The highest BCUT2D eigenvalue weighted by atomic mass is 32.2. The average Bonchev–Trinajstić information content (AvgIpc) is 3.06. The summed E-state index contributed by atoms with van der Waals surface area (Å²) in [4.78, 5) is 15.6. The number of amides is 1. The van der Waals surface area contributed by atoms with E-state index in [-0.39, 0.29) is 5.91 Å². The van der Waals surface area contributed by atoms with E-state index in [2.05, 4.69) is 11.3 Å². The molecule has 1 aromatic heterocycles. The molecule has 7 heteroatoms. The van der Waals surface area contributed by atoms with Crippen LogP contribution in [0.5, 0.6) is 0 Å². The van der Waals surface area contributed by atoms with Crippen LogP contribution < -0.4 is 4.72 Å². The van der Waals surface area contributed by atoms with Gasteiger partial charge in [0.05, 0.1) is 12.8 Å². The Morgan fingerprint density at radius 3 is 2.56 bits per heavy atom. The first-order valence-electron chi connectivity index (χ1n) is 7.85. The molecule has 0 fully saturated rings. The predicted molar refractivity (Wildman–Crippen MR) is 102 cm³/mol. The zero-order valence-corrected chi connectivity index (χ0v) is 15.8. The van der Waals surface area contributed by atoms with E-state index in [1.165, 1.54) is 0 Å². The molecular weight excluding hydrogens is 356 g/mol. The van der Waals surface area contributed by atoms with Crippen molar-refractivity contribution in [1.29, 1.82) is 0 Å². The largest absolute Gasteiger partial charge is 0.330 e. The number of nitrogens with zero attached hydrogens (tertiary/aromatic N) is 1. The Morgan fingerprint density at radius 2 is 2.00 bits per heavy atom. The fourth-order valence-electron chi connectivity index (χ4n) is 2.34. The number of rotatable bonds is 9.